The number of nitrogens with zero attached hydrogens (tertiary/aromatic N) is 2. The molecule has 2 aromatic rings. The first-order chi connectivity index (χ1) is 17.5. The number of hydrogen-bond donors (Lipinski definition) is 2. The number of hydrogen-bond acceptors (Lipinski definition) is 5. The van der Waals surface area contributed by atoms with Gasteiger partial charge < -0.3 is 20.8 Å². The van der Waals surface area contributed by atoms with Crippen molar-refractivity contribution in [2.45, 2.75) is 39.5 Å². The third-order valence-electron chi connectivity index (χ3n) is 6.12. The van der Waals surface area contributed by atoms with Crippen molar-refractivity contribution in [1.82, 2.24) is 4.57 Å². The number of rotatable bonds is 10. The summed E-state index contributed by atoms with van der Waals surface area (Å²) in [5, 5.41) is 0. The minimum Gasteiger partial charge on any atom is -0.384 e. The second kappa shape index (κ2) is 13.5. The number of halogens is 2. The summed E-state index contributed by atoms with van der Waals surface area (Å²) in [6, 6.07) is 4.88. The van der Waals surface area contributed by atoms with Crippen LogP contribution in [0.3, 0.4) is 0 Å². The average Bonchev–Trinajstić information content (AvgIpc) is 2.83. The van der Waals surface area contributed by atoms with Gasteiger partial charge in [-0.1, -0.05) is 32.3 Å². The van der Waals surface area contributed by atoms with Crippen molar-refractivity contribution in [3.05, 3.63) is 81.5 Å². The van der Waals surface area contributed by atoms with Crippen molar-refractivity contribution >= 4 is 6.21 Å². The molecule has 0 aliphatic heterocycles. The highest BCUT2D eigenvalue weighted by Gasteiger charge is 2.31. The Bertz CT molecular complexity index is 1330. The summed E-state index contributed by atoms with van der Waals surface area (Å²) in [6.07, 6.45) is 3.82. The third kappa shape index (κ3) is 8.15. The van der Waals surface area contributed by atoms with Gasteiger partial charge >= 0.3 is 0 Å². The molecule has 2 atom stereocenters. The highest BCUT2D eigenvalue weighted by molar-refractivity contribution is 5.61. The molecule has 37 heavy (non-hydrogen) atoms. The minimum absolute atomic E-state index is 0.0366. The molecule has 0 amide bonds. The van der Waals surface area contributed by atoms with Crippen LogP contribution in [-0.4, -0.2) is 24.1 Å². The zero-order valence-electron chi connectivity index (χ0n) is 21.8. The second-order valence-electron chi connectivity index (χ2n) is 9.20. The number of benzene rings is 1. The average molecular weight is 509 g/mol. The monoisotopic (exact) mass is 508 g/mol. The molecule has 8 heteroatoms. The standard InChI is InChI=1S/C29H34F2N4O2/c1-20(2)29(18-37-19-32,13-14-34-22(4)33)12-8-6-7-9-24(25-16-23(30)10-11-27(25)31)26-15-21(3)17-35(5)28(26)36/h10-11,14-17,20,24H,4,9,13,18-19,32-33H2,1-3,5H3/b34-14-. The largest absolute Gasteiger partial charge is 0.384 e. The van der Waals surface area contributed by atoms with Crippen molar-refractivity contribution in [3.8, 4) is 23.7 Å². The zero-order valence-corrected chi connectivity index (χ0v) is 21.8. The maximum Gasteiger partial charge on any atom is 0.254 e. The van der Waals surface area contributed by atoms with Crippen molar-refractivity contribution in [2.75, 3.05) is 13.3 Å². The van der Waals surface area contributed by atoms with Crippen LogP contribution >= 0.6 is 0 Å². The van der Waals surface area contributed by atoms with Gasteiger partial charge in [-0.2, -0.15) is 0 Å². The van der Waals surface area contributed by atoms with E-state index < -0.39 is 23.0 Å². The highest BCUT2D eigenvalue weighted by atomic mass is 19.1. The minimum atomic E-state index is -0.776. The molecule has 0 aliphatic carbocycles. The van der Waals surface area contributed by atoms with Crippen molar-refractivity contribution in [2.24, 2.45) is 34.8 Å². The lowest BCUT2D eigenvalue weighted by atomic mass is 9.76. The summed E-state index contributed by atoms with van der Waals surface area (Å²) in [5.74, 6) is 10.1. The predicted octanol–water partition coefficient (Wildman–Crippen LogP) is 3.97. The van der Waals surface area contributed by atoms with Gasteiger partial charge in [0, 0.05) is 43.8 Å². The zero-order chi connectivity index (χ0) is 27.6. The van der Waals surface area contributed by atoms with Crippen LogP contribution in [0.25, 0.3) is 0 Å². The molecular weight excluding hydrogens is 474 g/mol. The van der Waals surface area contributed by atoms with E-state index in [1.165, 1.54) is 4.57 Å². The number of aryl methyl sites for hydroxylation is 2. The Kier molecular flexibility index (Phi) is 10.8. The van der Waals surface area contributed by atoms with E-state index in [0.29, 0.717) is 12.0 Å². The SMILES string of the molecule is C=C(N)/N=C\CC(C#CC#CCC(c1cc(F)ccc1F)c1cc(C)cn(C)c1=O)(COCN)C(C)C. The molecule has 0 bridgehead atoms. The van der Waals surface area contributed by atoms with Gasteiger partial charge in [0.1, 0.15) is 17.5 Å². The lowest BCUT2D eigenvalue weighted by molar-refractivity contribution is 0.0574. The Morgan fingerprint density at radius 2 is 2.00 bits per heavy atom. The summed E-state index contributed by atoms with van der Waals surface area (Å²) < 4.78 is 35.7. The Morgan fingerprint density at radius 1 is 1.27 bits per heavy atom. The summed E-state index contributed by atoms with van der Waals surface area (Å²) in [6.45, 7) is 9.69. The molecule has 1 aromatic heterocycles. The van der Waals surface area contributed by atoms with Crippen LogP contribution in [0.4, 0.5) is 8.78 Å². The first-order valence-electron chi connectivity index (χ1n) is 11.9. The smallest absolute Gasteiger partial charge is 0.254 e. The molecule has 2 rings (SSSR count). The molecule has 1 aromatic carbocycles. The van der Waals surface area contributed by atoms with E-state index in [1.54, 1.807) is 25.5 Å². The Labute approximate surface area is 217 Å². The topological polar surface area (TPSA) is 95.6 Å². The molecule has 0 saturated carbocycles. The van der Waals surface area contributed by atoms with Gasteiger partial charge in [-0.3, -0.25) is 4.79 Å². The molecule has 1 heterocycles. The summed E-state index contributed by atoms with van der Waals surface area (Å²) in [4.78, 5) is 16.9. The summed E-state index contributed by atoms with van der Waals surface area (Å²) in [7, 11) is 1.62. The van der Waals surface area contributed by atoms with E-state index in [1.807, 2.05) is 20.8 Å². The van der Waals surface area contributed by atoms with Crippen LogP contribution in [0, 0.1) is 53.6 Å². The number of aromatic nitrogens is 1. The van der Waals surface area contributed by atoms with Crippen LogP contribution < -0.4 is 17.0 Å². The number of pyridine rings is 1. The molecule has 0 fully saturated rings. The van der Waals surface area contributed by atoms with Gasteiger partial charge in [0.2, 0.25) is 0 Å². The second-order valence-corrected chi connectivity index (χ2v) is 9.20. The molecule has 4 N–H and O–H groups in total. The van der Waals surface area contributed by atoms with Crippen molar-refractivity contribution in [3.63, 3.8) is 0 Å². The molecule has 196 valence electrons. The van der Waals surface area contributed by atoms with Crippen LogP contribution in [0.2, 0.25) is 0 Å². The fraction of sp³-hybridized carbons (Fsp3) is 0.379. The molecule has 2 unspecified atom stereocenters. The van der Waals surface area contributed by atoms with Crippen LogP contribution in [0.5, 0.6) is 0 Å². The first-order valence-corrected chi connectivity index (χ1v) is 11.9. The first kappa shape index (κ1) is 29.5. The molecule has 0 saturated heterocycles. The maximum absolute atomic E-state index is 14.7. The molecule has 0 spiro atoms. The van der Waals surface area contributed by atoms with E-state index in [-0.39, 0.29) is 42.6 Å². The Morgan fingerprint density at radius 3 is 2.65 bits per heavy atom. The van der Waals surface area contributed by atoms with E-state index >= 15 is 0 Å². The van der Waals surface area contributed by atoms with Gasteiger partial charge in [0.15, 0.2) is 0 Å². The number of ether oxygens (including phenoxy) is 1. The lowest BCUT2D eigenvalue weighted by Crippen LogP contribution is -2.33. The lowest BCUT2D eigenvalue weighted by Gasteiger charge is -2.30. The molecule has 6 nitrogen and oxygen atoms in total. The van der Waals surface area contributed by atoms with Gasteiger partial charge in [-0.25, -0.2) is 13.8 Å². The Balaban J connectivity index is 2.48. The maximum atomic E-state index is 14.7. The van der Waals surface area contributed by atoms with Crippen LogP contribution in [0.1, 0.15) is 49.3 Å². The van der Waals surface area contributed by atoms with Gasteiger partial charge in [-0.05, 0) is 60.1 Å². The van der Waals surface area contributed by atoms with E-state index in [4.69, 9.17) is 16.2 Å². The summed E-state index contributed by atoms with van der Waals surface area (Å²) in [5.41, 5.74) is 11.4. The highest BCUT2D eigenvalue weighted by Crippen LogP contribution is 2.31. The summed E-state index contributed by atoms with van der Waals surface area (Å²) >= 11 is 0. The quantitative estimate of drug-likeness (QED) is 0.288. The van der Waals surface area contributed by atoms with E-state index in [0.717, 1.165) is 23.8 Å². The predicted molar refractivity (Wildman–Crippen MR) is 144 cm³/mol. The normalized spacial score (nSPS) is 13.4. The van der Waals surface area contributed by atoms with Crippen molar-refractivity contribution < 1.29 is 13.5 Å². The van der Waals surface area contributed by atoms with Gasteiger partial charge in [0.05, 0.1) is 18.8 Å². The fourth-order valence-corrected chi connectivity index (χ4v) is 3.94. The van der Waals surface area contributed by atoms with Crippen molar-refractivity contribution in [1.29, 1.82) is 0 Å². The Hall–Kier alpha value is -3.72. The fourth-order valence-electron chi connectivity index (χ4n) is 3.94. The van der Waals surface area contributed by atoms with Gasteiger partial charge in [-0.15, -0.1) is 0 Å². The third-order valence-corrected chi connectivity index (χ3v) is 6.12. The number of nitrogens with two attached hydrogens (primary N) is 2. The van der Waals surface area contributed by atoms with E-state index in [9.17, 15) is 13.6 Å². The van der Waals surface area contributed by atoms with Crippen LogP contribution in [0.15, 0.2) is 52.6 Å². The van der Waals surface area contributed by atoms with Gasteiger partial charge in [0.25, 0.3) is 5.56 Å². The molecule has 0 radical (unpaired) electrons. The molecule has 0 aliphatic rings. The molecular formula is C29H34F2N4O2. The van der Waals surface area contributed by atoms with E-state index in [2.05, 4.69) is 35.3 Å². The number of aliphatic imine (C=N–C) groups is 1. The van der Waals surface area contributed by atoms with Crippen LogP contribution in [-0.2, 0) is 11.8 Å².